The highest BCUT2D eigenvalue weighted by Gasteiger charge is 2.42. The lowest BCUT2D eigenvalue weighted by molar-refractivity contribution is -0.143. The molecule has 0 N–H and O–H groups in total. The number of hydrogen-bond donors (Lipinski definition) is 0. The van der Waals surface area contributed by atoms with Crippen molar-refractivity contribution in [3.8, 4) is 11.5 Å². The topological polar surface area (TPSA) is 35.5 Å². The van der Waals surface area contributed by atoms with Crippen molar-refractivity contribution in [3.63, 3.8) is 0 Å². The van der Waals surface area contributed by atoms with Gasteiger partial charge in [-0.1, -0.05) is 33.8 Å². The number of benzene rings is 2. The number of carbonyl (C=O) groups is 1. The van der Waals surface area contributed by atoms with E-state index >= 15 is 0 Å². The van der Waals surface area contributed by atoms with Gasteiger partial charge < -0.3 is 9.47 Å². The molecule has 0 aliphatic rings. The molecular weight excluding hydrogens is 469 g/mol. The number of carbonyl (C=O) groups excluding carboxylic acids is 1. The van der Waals surface area contributed by atoms with Gasteiger partial charge in [0.05, 0.1) is 24.3 Å². The summed E-state index contributed by atoms with van der Waals surface area (Å²) < 4.78 is 92.0. The van der Waals surface area contributed by atoms with Crippen molar-refractivity contribution in [1.29, 1.82) is 0 Å². The Morgan fingerprint density at radius 3 is 1.85 bits per heavy atom. The van der Waals surface area contributed by atoms with Crippen LogP contribution in [0.2, 0.25) is 0 Å². The number of ether oxygens (including phenoxy) is 2. The van der Waals surface area contributed by atoms with E-state index in [0.29, 0.717) is 30.6 Å². The zero-order valence-corrected chi connectivity index (χ0v) is 19.5. The van der Waals surface area contributed by atoms with E-state index in [1.54, 1.807) is 0 Å². The van der Waals surface area contributed by atoms with Gasteiger partial charge in [-0.05, 0) is 44.7 Å². The van der Waals surface area contributed by atoms with Gasteiger partial charge in [0.1, 0.15) is 11.5 Å². The number of alkyl halides is 6. The first-order valence-corrected chi connectivity index (χ1v) is 11.2. The lowest BCUT2D eigenvalue weighted by atomic mass is 10.0. The SMILES string of the molecule is CC(C)COc1ccc(PC(=O)c2c(C(F)(F)F)cccc2C(F)(F)F)c(OCC(C)C)c1. The fourth-order valence-electron chi connectivity index (χ4n) is 2.79. The van der Waals surface area contributed by atoms with Crippen LogP contribution in [0.15, 0.2) is 36.4 Å². The minimum Gasteiger partial charge on any atom is -0.493 e. The molecule has 0 aromatic heterocycles. The Morgan fingerprint density at radius 1 is 0.848 bits per heavy atom. The second-order valence-electron chi connectivity index (χ2n) is 8.25. The second-order valence-corrected chi connectivity index (χ2v) is 9.49. The Balaban J connectivity index is 2.49. The molecule has 3 nitrogen and oxygen atoms in total. The number of hydrogen-bond acceptors (Lipinski definition) is 3. The van der Waals surface area contributed by atoms with Gasteiger partial charge in [0.15, 0.2) is 5.52 Å². The molecule has 2 aromatic carbocycles. The van der Waals surface area contributed by atoms with Gasteiger partial charge in [-0.25, -0.2) is 0 Å². The summed E-state index contributed by atoms with van der Waals surface area (Å²) in [5.41, 5.74) is -5.89. The van der Waals surface area contributed by atoms with E-state index in [-0.39, 0.29) is 29.5 Å². The standard InChI is InChI=1S/C23H25F6O3P/c1-13(2)11-31-15-8-9-19(18(10-15)32-12-14(3)4)33-21(30)20-16(22(24,25)26)6-5-7-17(20)23(27,28)29/h5-10,13-14,33H,11-12H2,1-4H3. The van der Waals surface area contributed by atoms with Crippen LogP contribution in [0.5, 0.6) is 11.5 Å². The third-order valence-electron chi connectivity index (χ3n) is 4.26. The van der Waals surface area contributed by atoms with Crippen LogP contribution >= 0.6 is 8.58 Å². The van der Waals surface area contributed by atoms with Crippen LogP contribution in [0.1, 0.15) is 49.2 Å². The molecule has 0 spiro atoms. The molecule has 1 unspecified atom stereocenters. The van der Waals surface area contributed by atoms with Crippen LogP contribution in [0.4, 0.5) is 26.3 Å². The highest BCUT2D eigenvalue weighted by atomic mass is 31.1. The van der Waals surface area contributed by atoms with Crippen molar-refractivity contribution in [2.45, 2.75) is 40.0 Å². The summed E-state index contributed by atoms with van der Waals surface area (Å²) in [5.74, 6) is 0.942. The van der Waals surface area contributed by atoms with Gasteiger partial charge in [0.25, 0.3) is 0 Å². The molecule has 0 saturated carbocycles. The van der Waals surface area contributed by atoms with Gasteiger partial charge in [-0.3, -0.25) is 4.79 Å². The van der Waals surface area contributed by atoms with Gasteiger partial charge in [0, 0.05) is 16.9 Å². The molecule has 0 fully saturated rings. The van der Waals surface area contributed by atoms with E-state index in [1.807, 2.05) is 27.7 Å². The van der Waals surface area contributed by atoms with Crippen molar-refractivity contribution < 1.29 is 40.6 Å². The third-order valence-corrected chi connectivity index (χ3v) is 5.42. The first-order chi connectivity index (χ1) is 15.2. The molecule has 33 heavy (non-hydrogen) atoms. The van der Waals surface area contributed by atoms with Crippen LogP contribution in [0.3, 0.4) is 0 Å². The molecule has 0 heterocycles. The van der Waals surface area contributed by atoms with E-state index in [1.165, 1.54) is 18.2 Å². The second kappa shape index (κ2) is 10.8. The number of rotatable bonds is 9. The summed E-state index contributed by atoms with van der Waals surface area (Å²) in [6, 6.07) is 6.05. The Bertz CT molecular complexity index is 935. The minimum absolute atomic E-state index is 0.0971. The molecule has 0 amide bonds. The predicted octanol–water partition coefficient (Wildman–Crippen LogP) is 6.94. The molecule has 0 saturated heterocycles. The monoisotopic (exact) mass is 494 g/mol. The molecule has 0 bridgehead atoms. The van der Waals surface area contributed by atoms with E-state index in [2.05, 4.69) is 0 Å². The highest BCUT2D eigenvalue weighted by Crippen LogP contribution is 2.42. The van der Waals surface area contributed by atoms with Crippen LogP contribution in [0.25, 0.3) is 0 Å². The fraction of sp³-hybridized carbons (Fsp3) is 0.435. The van der Waals surface area contributed by atoms with Crippen molar-refractivity contribution >= 4 is 19.4 Å². The Labute approximate surface area is 190 Å². The summed E-state index contributed by atoms with van der Waals surface area (Å²) in [6.07, 6.45) is -10.2. The van der Waals surface area contributed by atoms with Gasteiger partial charge in [-0.15, -0.1) is 0 Å². The molecular formula is C23H25F6O3P. The quantitative estimate of drug-likeness (QED) is 0.280. The van der Waals surface area contributed by atoms with Gasteiger partial charge >= 0.3 is 12.4 Å². The normalized spacial score (nSPS) is 12.7. The number of halogens is 6. The molecule has 0 aliphatic carbocycles. The molecule has 10 heteroatoms. The third kappa shape index (κ3) is 7.63. The highest BCUT2D eigenvalue weighted by molar-refractivity contribution is 7.66. The fourth-order valence-corrected chi connectivity index (χ4v) is 3.86. The largest absolute Gasteiger partial charge is 0.493 e. The predicted molar refractivity (Wildman–Crippen MR) is 116 cm³/mol. The molecule has 2 rings (SSSR count). The maximum atomic E-state index is 13.4. The average molecular weight is 494 g/mol. The molecule has 1 atom stereocenters. The Hall–Kier alpha value is -2.28. The van der Waals surface area contributed by atoms with Crippen LogP contribution in [0, 0.1) is 11.8 Å². The zero-order chi connectivity index (χ0) is 25.0. The average Bonchev–Trinajstić information content (AvgIpc) is 2.69. The lowest BCUT2D eigenvalue weighted by Gasteiger charge is -2.19. The van der Waals surface area contributed by atoms with Crippen molar-refractivity contribution in [2.24, 2.45) is 11.8 Å². The molecule has 0 aliphatic heterocycles. The van der Waals surface area contributed by atoms with E-state index in [0.717, 1.165) is 0 Å². The Morgan fingerprint density at radius 2 is 1.36 bits per heavy atom. The zero-order valence-electron chi connectivity index (χ0n) is 18.5. The van der Waals surface area contributed by atoms with E-state index in [9.17, 15) is 31.1 Å². The molecule has 2 aromatic rings. The first-order valence-electron chi connectivity index (χ1n) is 10.2. The summed E-state index contributed by atoms with van der Waals surface area (Å²) in [5, 5.41) is 0.197. The van der Waals surface area contributed by atoms with Crippen LogP contribution in [-0.4, -0.2) is 18.7 Å². The minimum atomic E-state index is -5.12. The summed E-state index contributed by atoms with van der Waals surface area (Å²) in [7, 11) is -1.02. The van der Waals surface area contributed by atoms with Crippen molar-refractivity contribution in [3.05, 3.63) is 53.1 Å². The van der Waals surface area contributed by atoms with Crippen molar-refractivity contribution in [1.82, 2.24) is 0 Å². The maximum absolute atomic E-state index is 13.4. The summed E-state index contributed by atoms with van der Waals surface area (Å²) in [6.45, 7) is 8.29. The summed E-state index contributed by atoms with van der Waals surface area (Å²) in [4.78, 5) is 12.9. The lowest BCUT2D eigenvalue weighted by Crippen LogP contribution is -2.20. The van der Waals surface area contributed by atoms with Crippen molar-refractivity contribution in [2.75, 3.05) is 13.2 Å². The van der Waals surface area contributed by atoms with E-state index in [4.69, 9.17) is 9.47 Å². The van der Waals surface area contributed by atoms with Crippen LogP contribution < -0.4 is 14.8 Å². The summed E-state index contributed by atoms with van der Waals surface area (Å²) >= 11 is 0. The first kappa shape index (κ1) is 27.0. The van der Waals surface area contributed by atoms with Gasteiger partial charge in [0.2, 0.25) is 0 Å². The maximum Gasteiger partial charge on any atom is 0.417 e. The molecule has 0 radical (unpaired) electrons. The van der Waals surface area contributed by atoms with Gasteiger partial charge in [-0.2, -0.15) is 26.3 Å². The smallest absolute Gasteiger partial charge is 0.417 e. The Kier molecular flexibility index (Phi) is 8.80. The molecule has 182 valence electrons. The van der Waals surface area contributed by atoms with E-state index < -0.39 is 43.1 Å². The van der Waals surface area contributed by atoms with Crippen LogP contribution in [-0.2, 0) is 12.4 Å².